The second-order valence-electron chi connectivity index (χ2n) is 6.85. The monoisotopic (exact) mass is 412 g/mol. The minimum Gasteiger partial charge on any atom is -0.350 e. The number of carbonyl (C=O) groups excluding carboxylic acids is 1. The molecule has 142 valence electrons. The highest BCUT2D eigenvalue weighted by Gasteiger charge is 2.31. The average Bonchev–Trinajstić information content (AvgIpc) is 3.47. The maximum atomic E-state index is 13.1. The molecule has 0 radical (unpaired) electrons. The molecular weight excluding hydrogens is 396 g/mol. The molecule has 0 saturated carbocycles. The lowest BCUT2D eigenvalue weighted by Gasteiger charge is -2.23. The summed E-state index contributed by atoms with van der Waals surface area (Å²) < 4.78 is 0. The molecule has 3 aromatic heterocycles. The van der Waals surface area contributed by atoms with Gasteiger partial charge in [0.15, 0.2) is 0 Å². The Balaban J connectivity index is 1.35. The molecule has 1 aliphatic rings. The number of aromatic nitrogens is 5. The Kier molecular flexibility index (Phi) is 4.37. The van der Waals surface area contributed by atoms with E-state index in [0.717, 1.165) is 35.2 Å². The van der Waals surface area contributed by atoms with Gasteiger partial charge >= 0.3 is 0 Å². The first-order valence-electron chi connectivity index (χ1n) is 9.08. The fourth-order valence-electron chi connectivity index (χ4n) is 3.68. The lowest BCUT2D eigenvalue weighted by molar-refractivity contribution is 0.0713. The number of hydrogen-bond donors (Lipinski definition) is 1. The molecule has 7 nitrogen and oxygen atoms in total. The normalized spacial score (nSPS) is 16.9. The van der Waals surface area contributed by atoms with E-state index >= 15 is 0 Å². The number of hydrogen-bond acceptors (Lipinski definition) is 5. The Labute approximate surface area is 169 Å². The van der Waals surface area contributed by atoms with E-state index in [9.17, 15) is 4.79 Å². The Morgan fingerprint density at radius 1 is 1.32 bits per heavy atom. The SMILES string of the molecule is O=C(c1cc2ccc(Cl)cc2[nH]1)N1CCC[C@H]1Cn1nnc(-c2cccs2)n1. The lowest BCUT2D eigenvalue weighted by atomic mass is 10.2. The summed E-state index contributed by atoms with van der Waals surface area (Å²) in [5, 5.41) is 16.4. The summed E-state index contributed by atoms with van der Waals surface area (Å²) in [6.07, 6.45) is 1.89. The number of likely N-dealkylation sites (tertiary alicyclic amines) is 1. The predicted molar refractivity (Wildman–Crippen MR) is 108 cm³/mol. The molecule has 4 aromatic rings. The van der Waals surface area contributed by atoms with Crippen LogP contribution in [-0.4, -0.2) is 48.6 Å². The maximum Gasteiger partial charge on any atom is 0.270 e. The van der Waals surface area contributed by atoms with Crippen molar-refractivity contribution in [3.63, 3.8) is 0 Å². The highest BCUT2D eigenvalue weighted by atomic mass is 35.5. The van der Waals surface area contributed by atoms with Crippen molar-refractivity contribution >= 4 is 39.7 Å². The van der Waals surface area contributed by atoms with Gasteiger partial charge in [0.25, 0.3) is 5.91 Å². The molecule has 1 amide bonds. The minimum absolute atomic E-state index is 0.00609. The number of nitrogens with one attached hydrogen (secondary N) is 1. The maximum absolute atomic E-state index is 13.1. The van der Waals surface area contributed by atoms with Crippen LogP contribution in [0.3, 0.4) is 0 Å². The summed E-state index contributed by atoms with van der Waals surface area (Å²) in [7, 11) is 0. The number of aromatic amines is 1. The smallest absolute Gasteiger partial charge is 0.270 e. The highest BCUT2D eigenvalue weighted by molar-refractivity contribution is 7.13. The Morgan fingerprint density at radius 3 is 3.11 bits per heavy atom. The lowest BCUT2D eigenvalue weighted by Crippen LogP contribution is -2.38. The number of halogens is 1. The van der Waals surface area contributed by atoms with E-state index in [1.807, 2.05) is 46.7 Å². The molecule has 0 spiro atoms. The number of benzene rings is 1. The van der Waals surface area contributed by atoms with Crippen molar-refractivity contribution in [2.75, 3.05) is 6.54 Å². The molecular formula is C19H17ClN6OS. The van der Waals surface area contributed by atoms with Crippen molar-refractivity contribution in [2.24, 2.45) is 0 Å². The minimum atomic E-state index is -0.00609. The molecule has 1 N–H and O–H groups in total. The van der Waals surface area contributed by atoms with Gasteiger partial charge in [0.2, 0.25) is 5.82 Å². The third-order valence-corrected chi connectivity index (χ3v) is 6.12. The van der Waals surface area contributed by atoms with Gasteiger partial charge in [0.1, 0.15) is 5.69 Å². The van der Waals surface area contributed by atoms with Crippen LogP contribution in [-0.2, 0) is 6.54 Å². The van der Waals surface area contributed by atoms with Crippen molar-refractivity contribution in [3.8, 4) is 10.7 Å². The molecule has 5 rings (SSSR count). The summed E-state index contributed by atoms with van der Waals surface area (Å²) in [5.74, 6) is 0.617. The third-order valence-electron chi connectivity index (χ3n) is 5.02. The van der Waals surface area contributed by atoms with Gasteiger partial charge in [-0.1, -0.05) is 23.7 Å². The zero-order chi connectivity index (χ0) is 19.1. The largest absolute Gasteiger partial charge is 0.350 e. The van der Waals surface area contributed by atoms with E-state index in [-0.39, 0.29) is 11.9 Å². The van der Waals surface area contributed by atoms with E-state index in [4.69, 9.17) is 11.6 Å². The van der Waals surface area contributed by atoms with Gasteiger partial charge < -0.3 is 9.88 Å². The Bertz CT molecular complexity index is 1130. The first-order valence-corrected chi connectivity index (χ1v) is 10.3. The quantitative estimate of drug-likeness (QED) is 0.552. The first-order chi connectivity index (χ1) is 13.7. The number of thiophene rings is 1. The highest BCUT2D eigenvalue weighted by Crippen LogP contribution is 2.25. The second kappa shape index (κ2) is 7.03. The summed E-state index contributed by atoms with van der Waals surface area (Å²) in [4.78, 5) is 20.8. The zero-order valence-corrected chi connectivity index (χ0v) is 16.5. The zero-order valence-electron chi connectivity index (χ0n) is 14.9. The van der Waals surface area contributed by atoms with Crippen LogP contribution in [0.2, 0.25) is 5.02 Å². The number of H-pyrrole nitrogens is 1. The van der Waals surface area contributed by atoms with Crippen molar-refractivity contribution < 1.29 is 4.79 Å². The summed E-state index contributed by atoms with van der Waals surface area (Å²) in [5.41, 5.74) is 1.44. The number of amides is 1. The molecule has 0 aliphatic carbocycles. The number of nitrogens with zero attached hydrogens (tertiary/aromatic N) is 5. The predicted octanol–water partition coefficient (Wildman–Crippen LogP) is 3.84. The molecule has 0 unspecified atom stereocenters. The van der Waals surface area contributed by atoms with Gasteiger partial charge in [-0.2, -0.15) is 4.80 Å². The van der Waals surface area contributed by atoms with Crippen LogP contribution in [0.1, 0.15) is 23.3 Å². The molecule has 9 heteroatoms. The summed E-state index contributed by atoms with van der Waals surface area (Å²) in [6, 6.07) is 11.4. The van der Waals surface area contributed by atoms with Crippen molar-refractivity contribution in [1.29, 1.82) is 0 Å². The van der Waals surface area contributed by atoms with Gasteiger partial charge in [-0.25, -0.2) is 0 Å². The van der Waals surface area contributed by atoms with Crippen LogP contribution in [0.4, 0.5) is 0 Å². The van der Waals surface area contributed by atoms with Gasteiger partial charge in [0, 0.05) is 22.5 Å². The number of tetrazole rings is 1. The van der Waals surface area contributed by atoms with Crippen molar-refractivity contribution in [3.05, 3.63) is 52.5 Å². The van der Waals surface area contributed by atoms with E-state index < -0.39 is 0 Å². The van der Waals surface area contributed by atoms with Crippen molar-refractivity contribution in [1.82, 2.24) is 30.1 Å². The Morgan fingerprint density at radius 2 is 2.25 bits per heavy atom. The fourth-order valence-corrected chi connectivity index (χ4v) is 4.50. The molecule has 1 atom stereocenters. The number of carbonyl (C=O) groups is 1. The fraction of sp³-hybridized carbons (Fsp3) is 0.263. The molecule has 1 fully saturated rings. The van der Waals surface area contributed by atoms with E-state index in [2.05, 4.69) is 20.4 Å². The first kappa shape index (κ1) is 17.4. The van der Waals surface area contributed by atoms with Gasteiger partial charge in [-0.15, -0.1) is 21.5 Å². The molecule has 4 heterocycles. The Hall–Kier alpha value is -2.71. The summed E-state index contributed by atoms with van der Waals surface area (Å²) in [6.45, 7) is 1.27. The van der Waals surface area contributed by atoms with Gasteiger partial charge in [-0.05, 0) is 47.7 Å². The van der Waals surface area contributed by atoms with Crippen LogP contribution in [0, 0.1) is 0 Å². The topological polar surface area (TPSA) is 79.7 Å². The number of fused-ring (bicyclic) bond motifs is 1. The van der Waals surface area contributed by atoms with Gasteiger partial charge in [0.05, 0.1) is 17.5 Å². The van der Waals surface area contributed by atoms with Crippen LogP contribution in [0.5, 0.6) is 0 Å². The molecule has 1 aromatic carbocycles. The molecule has 28 heavy (non-hydrogen) atoms. The van der Waals surface area contributed by atoms with Crippen LogP contribution < -0.4 is 0 Å². The van der Waals surface area contributed by atoms with Crippen molar-refractivity contribution in [2.45, 2.75) is 25.4 Å². The molecule has 0 bridgehead atoms. The van der Waals surface area contributed by atoms with E-state index in [1.165, 1.54) is 0 Å². The van der Waals surface area contributed by atoms with Gasteiger partial charge in [-0.3, -0.25) is 4.79 Å². The summed E-state index contributed by atoms with van der Waals surface area (Å²) >= 11 is 7.63. The third kappa shape index (κ3) is 3.18. The van der Waals surface area contributed by atoms with E-state index in [0.29, 0.717) is 23.1 Å². The molecule has 1 saturated heterocycles. The van der Waals surface area contributed by atoms with E-state index in [1.54, 1.807) is 16.1 Å². The molecule has 1 aliphatic heterocycles. The standard InChI is InChI=1S/C19H17ClN6OS/c20-13-6-5-12-9-16(21-15(12)10-13)19(27)25-7-1-3-14(25)11-26-23-18(22-24-26)17-4-2-8-28-17/h2,4-6,8-10,14,21H,1,3,7,11H2/t14-/m0/s1. The van der Waals surface area contributed by atoms with Crippen LogP contribution in [0.15, 0.2) is 41.8 Å². The average molecular weight is 413 g/mol. The van der Waals surface area contributed by atoms with Crippen LogP contribution >= 0.6 is 22.9 Å². The van der Waals surface area contributed by atoms with Crippen LogP contribution in [0.25, 0.3) is 21.6 Å². The number of rotatable bonds is 4. The second-order valence-corrected chi connectivity index (χ2v) is 8.24.